The van der Waals surface area contributed by atoms with Crippen LogP contribution in [0.1, 0.15) is 43.6 Å². The van der Waals surface area contributed by atoms with Crippen molar-refractivity contribution >= 4 is 5.65 Å². The summed E-state index contributed by atoms with van der Waals surface area (Å²) < 4.78 is 3.46. The van der Waals surface area contributed by atoms with Gasteiger partial charge in [0.05, 0.1) is 12.4 Å². The highest BCUT2D eigenvalue weighted by Crippen LogP contribution is 2.32. The molecule has 0 bridgehead atoms. The number of hydrogen-bond acceptors (Lipinski definition) is 3. The second kappa shape index (κ2) is 4.87. The molecule has 1 aliphatic rings. The van der Waals surface area contributed by atoms with Crippen molar-refractivity contribution in [2.24, 2.45) is 0 Å². The van der Waals surface area contributed by atoms with Crippen molar-refractivity contribution in [3.8, 4) is 5.69 Å². The molecule has 0 spiro atoms. The molecule has 0 unspecified atom stereocenters. The molecular formula is C15H17N5O. The van der Waals surface area contributed by atoms with Crippen LogP contribution in [0.4, 0.5) is 0 Å². The van der Waals surface area contributed by atoms with Crippen LogP contribution in [0.5, 0.6) is 0 Å². The van der Waals surface area contributed by atoms with Gasteiger partial charge in [0.15, 0.2) is 5.65 Å². The SMILES string of the molecule is O=c1ccn2ncc(-n3cc(C4CCCCC4)cn3)c2[nH]1. The Morgan fingerprint density at radius 2 is 2.00 bits per heavy atom. The number of aromatic amines is 1. The lowest BCUT2D eigenvalue weighted by molar-refractivity contribution is 0.443. The van der Waals surface area contributed by atoms with E-state index < -0.39 is 0 Å². The van der Waals surface area contributed by atoms with Gasteiger partial charge in [0.2, 0.25) is 0 Å². The number of aromatic nitrogens is 5. The van der Waals surface area contributed by atoms with Gasteiger partial charge < -0.3 is 4.98 Å². The summed E-state index contributed by atoms with van der Waals surface area (Å²) >= 11 is 0. The standard InChI is InChI=1S/C15H17N5O/c21-14-6-7-19-15(18-14)13(9-17-19)20-10-12(8-16-20)11-4-2-1-3-5-11/h6-11H,1-5H2,(H,18,21). The van der Waals surface area contributed by atoms with Crippen LogP contribution in [0.15, 0.2) is 35.6 Å². The van der Waals surface area contributed by atoms with Gasteiger partial charge in [0, 0.05) is 18.5 Å². The van der Waals surface area contributed by atoms with E-state index in [1.807, 2.05) is 10.9 Å². The molecule has 1 aliphatic carbocycles. The lowest BCUT2D eigenvalue weighted by Gasteiger charge is -2.19. The van der Waals surface area contributed by atoms with Gasteiger partial charge in [-0.2, -0.15) is 10.2 Å². The smallest absolute Gasteiger partial charge is 0.251 e. The van der Waals surface area contributed by atoms with Crippen LogP contribution >= 0.6 is 0 Å². The van der Waals surface area contributed by atoms with Crippen LogP contribution in [-0.2, 0) is 0 Å². The molecular weight excluding hydrogens is 266 g/mol. The third-order valence-electron chi connectivity index (χ3n) is 4.31. The van der Waals surface area contributed by atoms with Crippen LogP contribution in [0.3, 0.4) is 0 Å². The second-order valence-electron chi connectivity index (χ2n) is 5.68. The molecule has 21 heavy (non-hydrogen) atoms. The summed E-state index contributed by atoms with van der Waals surface area (Å²) in [4.78, 5) is 14.3. The first-order valence-electron chi connectivity index (χ1n) is 7.43. The highest BCUT2D eigenvalue weighted by atomic mass is 16.1. The minimum Gasteiger partial charge on any atom is -0.305 e. The Hall–Kier alpha value is -2.37. The van der Waals surface area contributed by atoms with Gasteiger partial charge >= 0.3 is 0 Å². The average Bonchev–Trinajstić information content (AvgIpc) is 3.14. The monoisotopic (exact) mass is 283 g/mol. The highest BCUT2D eigenvalue weighted by molar-refractivity contribution is 5.57. The second-order valence-corrected chi connectivity index (χ2v) is 5.68. The number of rotatable bonds is 2. The van der Waals surface area contributed by atoms with E-state index in [4.69, 9.17) is 0 Å². The van der Waals surface area contributed by atoms with Crippen molar-refractivity contribution < 1.29 is 0 Å². The maximum atomic E-state index is 11.5. The van der Waals surface area contributed by atoms with Gasteiger partial charge in [0.1, 0.15) is 5.69 Å². The van der Waals surface area contributed by atoms with Gasteiger partial charge in [-0.3, -0.25) is 4.79 Å². The quantitative estimate of drug-likeness (QED) is 0.784. The Bertz CT molecular complexity index is 822. The summed E-state index contributed by atoms with van der Waals surface area (Å²) in [6.45, 7) is 0. The minimum atomic E-state index is -0.135. The zero-order valence-corrected chi connectivity index (χ0v) is 11.7. The van der Waals surface area contributed by atoms with Crippen molar-refractivity contribution in [1.82, 2.24) is 24.4 Å². The van der Waals surface area contributed by atoms with E-state index in [0.717, 1.165) is 5.69 Å². The topological polar surface area (TPSA) is 68.0 Å². The van der Waals surface area contributed by atoms with E-state index in [1.54, 1.807) is 16.9 Å². The van der Waals surface area contributed by atoms with Crippen molar-refractivity contribution in [2.75, 3.05) is 0 Å². The molecule has 4 rings (SSSR count). The molecule has 6 nitrogen and oxygen atoms in total. The lowest BCUT2D eigenvalue weighted by atomic mass is 9.86. The maximum Gasteiger partial charge on any atom is 0.251 e. The summed E-state index contributed by atoms with van der Waals surface area (Å²) in [5, 5.41) is 8.70. The summed E-state index contributed by atoms with van der Waals surface area (Å²) in [6.07, 6.45) is 13.8. The number of nitrogens with zero attached hydrogens (tertiary/aromatic N) is 4. The van der Waals surface area contributed by atoms with Crippen molar-refractivity contribution in [1.29, 1.82) is 0 Å². The molecule has 3 aromatic rings. The first-order valence-corrected chi connectivity index (χ1v) is 7.43. The van der Waals surface area contributed by atoms with E-state index in [-0.39, 0.29) is 5.56 Å². The Morgan fingerprint density at radius 3 is 2.86 bits per heavy atom. The Balaban J connectivity index is 1.73. The van der Waals surface area contributed by atoms with E-state index in [2.05, 4.69) is 21.4 Å². The Kier molecular flexibility index (Phi) is 2.87. The minimum absolute atomic E-state index is 0.135. The van der Waals surface area contributed by atoms with Crippen molar-refractivity contribution in [3.05, 3.63) is 46.8 Å². The molecule has 0 radical (unpaired) electrons. The maximum absolute atomic E-state index is 11.5. The first kappa shape index (κ1) is 12.4. The summed E-state index contributed by atoms with van der Waals surface area (Å²) in [7, 11) is 0. The highest BCUT2D eigenvalue weighted by Gasteiger charge is 2.18. The molecule has 1 fully saturated rings. The van der Waals surface area contributed by atoms with Gasteiger partial charge in [-0.15, -0.1) is 0 Å². The Labute approximate surface area is 121 Å². The van der Waals surface area contributed by atoms with Crippen molar-refractivity contribution in [3.63, 3.8) is 0 Å². The number of fused-ring (bicyclic) bond motifs is 1. The fourth-order valence-electron chi connectivity index (χ4n) is 3.17. The first-order chi connectivity index (χ1) is 10.3. The van der Waals surface area contributed by atoms with Crippen LogP contribution < -0.4 is 5.56 Å². The number of nitrogens with one attached hydrogen (secondary N) is 1. The third-order valence-corrected chi connectivity index (χ3v) is 4.31. The fourth-order valence-corrected chi connectivity index (χ4v) is 3.17. The molecule has 6 heteroatoms. The molecule has 0 aromatic carbocycles. The normalized spacial score (nSPS) is 16.6. The molecule has 0 atom stereocenters. The zero-order chi connectivity index (χ0) is 14.2. The van der Waals surface area contributed by atoms with Gasteiger partial charge in [-0.25, -0.2) is 9.20 Å². The fraction of sp³-hybridized carbons (Fsp3) is 0.400. The number of H-pyrrole nitrogens is 1. The molecule has 3 aromatic heterocycles. The van der Waals surface area contributed by atoms with Crippen LogP contribution in [0.2, 0.25) is 0 Å². The molecule has 1 N–H and O–H groups in total. The van der Waals surface area contributed by atoms with Crippen LogP contribution in [0.25, 0.3) is 11.3 Å². The number of hydrogen-bond donors (Lipinski definition) is 1. The third kappa shape index (κ3) is 2.16. The summed E-state index contributed by atoms with van der Waals surface area (Å²) in [5.74, 6) is 0.619. The van der Waals surface area contributed by atoms with Gasteiger partial charge in [-0.05, 0) is 24.3 Å². The van der Waals surface area contributed by atoms with E-state index >= 15 is 0 Å². The lowest BCUT2D eigenvalue weighted by Crippen LogP contribution is -2.07. The van der Waals surface area contributed by atoms with E-state index in [0.29, 0.717) is 11.6 Å². The van der Waals surface area contributed by atoms with Crippen LogP contribution in [0, 0.1) is 0 Å². The van der Waals surface area contributed by atoms with Gasteiger partial charge in [0.25, 0.3) is 5.56 Å². The molecule has 0 aliphatic heterocycles. The zero-order valence-electron chi connectivity index (χ0n) is 11.7. The summed E-state index contributed by atoms with van der Waals surface area (Å²) in [5.41, 5.74) is 2.62. The molecule has 0 saturated heterocycles. The Morgan fingerprint density at radius 1 is 1.14 bits per heavy atom. The average molecular weight is 283 g/mol. The predicted octanol–water partition coefficient (Wildman–Crippen LogP) is 2.26. The van der Waals surface area contributed by atoms with E-state index in [1.165, 1.54) is 43.7 Å². The van der Waals surface area contributed by atoms with Gasteiger partial charge in [-0.1, -0.05) is 19.3 Å². The summed E-state index contributed by atoms with van der Waals surface area (Å²) in [6, 6.07) is 1.46. The molecule has 3 heterocycles. The largest absolute Gasteiger partial charge is 0.305 e. The van der Waals surface area contributed by atoms with Crippen molar-refractivity contribution in [2.45, 2.75) is 38.0 Å². The van der Waals surface area contributed by atoms with E-state index in [9.17, 15) is 4.79 Å². The van der Waals surface area contributed by atoms with Crippen LogP contribution in [-0.4, -0.2) is 24.4 Å². The predicted molar refractivity (Wildman–Crippen MR) is 78.8 cm³/mol. The molecule has 0 amide bonds. The molecule has 1 saturated carbocycles. The molecule has 108 valence electrons.